The molecule has 0 aliphatic heterocycles. The van der Waals surface area contributed by atoms with Crippen molar-refractivity contribution >= 4 is 43.2 Å². The normalized spacial score (nSPS) is 11.0. The van der Waals surface area contributed by atoms with E-state index in [9.17, 15) is 8.42 Å². The van der Waals surface area contributed by atoms with Crippen molar-refractivity contribution in [3.05, 3.63) is 84.9 Å². The van der Waals surface area contributed by atoms with Crippen molar-refractivity contribution in [3.63, 3.8) is 0 Å². The Balaban J connectivity index is 0.000000158. The Bertz CT molecular complexity index is 1150. The summed E-state index contributed by atoms with van der Waals surface area (Å²) in [5.74, 6) is 0. The quantitative estimate of drug-likeness (QED) is 0.360. The first-order valence-corrected chi connectivity index (χ1v) is 9.34. The van der Waals surface area contributed by atoms with Crippen LogP contribution in [-0.4, -0.2) is 13.0 Å². The van der Waals surface area contributed by atoms with Crippen molar-refractivity contribution in [1.82, 2.24) is 0 Å². The highest BCUT2D eigenvalue weighted by Gasteiger charge is 2.06. The number of nitrogen functional groups attached to an aromatic ring is 1. The van der Waals surface area contributed by atoms with Gasteiger partial charge in [-0.25, -0.2) is 0 Å². The van der Waals surface area contributed by atoms with Crippen LogP contribution in [0.1, 0.15) is 0 Å². The zero-order valence-corrected chi connectivity index (χ0v) is 14.6. The lowest BCUT2D eigenvalue weighted by molar-refractivity contribution is 0.490. The van der Waals surface area contributed by atoms with E-state index in [4.69, 9.17) is 10.3 Å². The predicted octanol–water partition coefficient (Wildman–Crippen LogP) is 4.48. The number of anilines is 2. The number of rotatable bonds is 2. The van der Waals surface area contributed by atoms with Crippen LogP contribution in [-0.2, 0) is 10.3 Å². The van der Waals surface area contributed by atoms with E-state index < -0.39 is 10.3 Å². The summed E-state index contributed by atoms with van der Waals surface area (Å²) in [6.45, 7) is 0. The number of hydrogen-bond acceptors (Lipinski definition) is 3. The van der Waals surface area contributed by atoms with Gasteiger partial charge in [0.15, 0.2) is 0 Å². The van der Waals surface area contributed by atoms with Gasteiger partial charge >= 0.3 is 10.3 Å². The van der Waals surface area contributed by atoms with Crippen LogP contribution in [0.5, 0.6) is 0 Å². The van der Waals surface area contributed by atoms with Crippen LogP contribution in [0.4, 0.5) is 11.4 Å². The van der Waals surface area contributed by atoms with Gasteiger partial charge in [-0.3, -0.25) is 9.27 Å². The lowest BCUT2D eigenvalue weighted by Gasteiger charge is -2.06. The smallest absolute Gasteiger partial charge is 0.357 e. The van der Waals surface area contributed by atoms with Gasteiger partial charge < -0.3 is 5.73 Å². The third-order valence-electron chi connectivity index (χ3n) is 3.80. The maximum Gasteiger partial charge on any atom is 0.357 e. The molecule has 0 fully saturated rings. The topological polar surface area (TPSA) is 92.4 Å². The average Bonchev–Trinajstić information content (AvgIpc) is 2.61. The fraction of sp³-hybridized carbons (Fsp3) is 0. The standard InChI is InChI=1S/C10H9NO3S.C10H9N/c12-15(13,14)11-10-7-3-5-8-4-1-2-6-9(8)10;11-10-6-5-8-3-1-2-4-9(8)7-10/h1-7,11H,(H,12,13,14);1-7H,11H2. The maximum atomic E-state index is 10.7. The summed E-state index contributed by atoms with van der Waals surface area (Å²) >= 11 is 0. The molecule has 26 heavy (non-hydrogen) atoms. The molecule has 0 spiro atoms. The molecular weight excluding hydrogens is 348 g/mol. The van der Waals surface area contributed by atoms with Crippen molar-refractivity contribution in [1.29, 1.82) is 0 Å². The number of fused-ring (bicyclic) bond motifs is 2. The summed E-state index contributed by atoms with van der Waals surface area (Å²) in [7, 11) is -4.22. The van der Waals surface area contributed by atoms with E-state index in [2.05, 4.69) is 16.9 Å². The second-order valence-corrected chi connectivity index (χ2v) is 6.86. The summed E-state index contributed by atoms with van der Waals surface area (Å²) in [6.07, 6.45) is 0. The number of nitrogens with two attached hydrogens (primary N) is 1. The van der Waals surface area contributed by atoms with Crippen molar-refractivity contribution < 1.29 is 13.0 Å². The molecule has 4 aromatic carbocycles. The zero-order chi connectivity index (χ0) is 18.6. The van der Waals surface area contributed by atoms with Crippen molar-refractivity contribution in [3.8, 4) is 0 Å². The van der Waals surface area contributed by atoms with Crippen LogP contribution in [0.15, 0.2) is 84.9 Å². The van der Waals surface area contributed by atoms with Gasteiger partial charge in [0.1, 0.15) is 0 Å². The molecule has 0 aromatic heterocycles. The molecule has 0 saturated carbocycles. The van der Waals surface area contributed by atoms with E-state index in [0.29, 0.717) is 5.69 Å². The third-order valence-corrected chi connectivity index (χ3v) is 4.28. The third kappa shape index (κ3) is 4.50. The van der Waals surface area contributed by atoms with Gasteiger partial charge in [-0.1, -0.05) is 66.7 Å². The molecule has 132 valence electrons. The summed E-state index contributed by atoms with van der Waals surface area (Å²) in [6, 6.07) is 26.6. The second-order valence-electron chi connectivity index (χ2n) is 5.71. The fourth-order valence-corrected chi connectivity index (χ4v) is 3.12. The molecule has 5 nitrogen and oxygen atoms in total. The Morgan fingerprint density at radius 3 is 2.08 bits per heavy atom. The largest absolute Gasteiger partial charge is 0.399 e. The van der Waals surface area contributed by atoms with E-state index in [1.165, 1.54) is 10.8 Å². The van der Waals surface area contributed by atoms with Crippen molar-refractivity contribution in [2.75, 3.05) is 10.5 Å². The van der Waals surface area contributed by atoms with Crippen LogP contribution in [0, 0.1) is 0 Å². The van der Waals surface area contributed by atoms with E-state index in [0.717, 1.165) is 16.5 Å². The second kappa shape index (κ2) is 7.43. The summed E-state index contributed by atoms with van der Waals surface area (Å²) in [5.41, 5.74) is 6.82. The maximum absolute atomic E-state index is 10.7. The first-order valence-electron chi connectivity index (χ1n) is 7.90. The minimum Gasteiger partial charge on any atom is -0.399 e. The van der Waals surface area contributed by atoms with Crippen LogP contribution in [0.3, 0.4) is 0 Å². The number of benzene rings is 4. The highest BCUT2D eigenvalue weighted by molar-refractivity contribution is 7.87. The molecule has 0 aliphatic carbocycles. The Labute approximate surface area is 152 Å². The molecule has 0 radical (unpaired) electrons. The minimum atomic E-state index is -4.22. The van der Waals surface area contributed by atoms with Crippen LogP contribution < -0.4 is 10.5 Å². The average molecular weight is 366 g/mol. The first kappa shape index (κ1) is 17.7. The predicted molar refractivity (Wildman–Crippen MR) is 107 cm³/mol. The Kier molecular flexibility index (Phi) is 5.06. The minimum absolute atomic E-state index is 0.371. The van der Waals surface area contributed by atoms with Gasteiger partial charge in [0.2, 0.25) is 0 Å². The molecule has 0 unspecified atom stereocenters. The lowest BCUT2D eigenvalue weighted by Crippen LogP contribution is -2.10. The Morgan fingerprint density at radius 1 is 0.731 bits per heavy atom. The van der Waals surface area contributed by atoms with E-state index in [1.807, 2.05) is 48.5 Å². The zero-order valence-electron chi connectivity index (χ0n) is 13.8. The number of hydrogen-bond donors (Lipinski definition) is 3. The van der Waals surface area contributed by atoms with Gasteiger partial charge in [-0.15, -0.1) is 0 Å². The summed E-state index contributed by atoms with van der Waals surface area (Å²) in [5, 5.41) is 4.10. The van der Waals surface area contributed by atoms with Gasteiger partial charge in [0.25, 0.3) is 0 Å². The Hall–Kier alpha value is -3.09. The molecule has 4 aromatic rings. The lowest BCUT2D eigenvalue weighted by atomic mass is 10.1. The van der Waals surface area contributed by atoms with Gasteiger partial charge in [0, 0.05) is 11.1 Å². The van der Waals surface area contributed by atoms with Gasteiger partial charge in [-0.2, -0.15) is 8.42 Å². The molecule has 0 aliphatic rings. The first-order chi connectivity index (χ1) is 12.4. The molecule has 0 saturated heterocycles. The summed E-state index contributed by atoms with van der Waals surface area (Å²) < 4.78 is 32.1. The molecule has 0 amide bonds. The summed E-state index contributed by atoms with van der Waals surface area (Å²) in [4.78, 5) is 0. The molecule has 0 atom stereocenters. The van der Waals surface area contributed by atoms with Crippen molar-refractivity contribution in [2.24, 2.45) is 0 Å². The molecular formula is C20H18N2O3S. The molecule has 0 heterocycles. The fourth-order valence-electron chi connectivity index (χ4n) is 2.66. The molecule has 0 bridgehead atoms. The molecule has 4 N–H and O–H groups in total. The van der Waals surface area contributed by atoms with Gasteiger partial charge in [0.05, 0.1) is 5.69 Å². The molecule has 6 heteroatoms. The SMILES string of the molecule is Nc1ccc2ccccc2c1.O=S(=O)(O)Nc1cccc2ccccc12. The van der Waals surface area contributed by atoms with Crippen molar-refractivity contribution in [2.45, 2.75) is 0 Å². The van der Waals surface area contributed by atoms with Gasteiger partial charge in [-0.05, 0) is 34.4 Å². The number of nitrogens with one attached hydrogen (secondary N) is 1. The highest BCUT2D eigenvalue weighted by Crippen LogP contribution is 2.23. The van der Waals surface area contributed by atoms with Crippen LogP contribution in [0.2, 0.25) is 0 Å². The monoisotopic (exact) mass is 366 g/mol. The van der Waals surface area contributed by atoms with Crippen LogP contribution >= 0.6 is 0 Å². The molecule has 4 rings (SSSR count). The van der Waals surface area contributed by atoms with E-state index >= 15 is 0 Å². The highest BCUT2D eigenvalue weighted by atomic mass is 32.2. The van der Waals surface area contributed by atoms with E-state index in [1.54, 1.807) is 24.3 Å². The van der Waals surface area contributed by atoms with Crippen LogP contribution in [0.25, 0.3) is 21.5 Å². The Morgan fingerprint density at radius 2 is 1.35 bits per heavy atom. The van der Waals surface area contributed by atoms with E-state index in [-0.39, 0.29) is 0 Å².